The van der Waals surface area contributed by atoms with Crippen molar-refractivity contribution in [3.63, 3.8) is 0 Å². The largest absolute Gasteiger partial charge is 0.460 e. The molecule has 0 radical (unpaired) electrons. The van der Waals surface area contributed by atoms with Crippen LogP contribution in [0.25, 0.3) is 0 Å². The predicted molar refractivity (Wildman–Crippen MR) is 58.7 cm³/mol. The number of nitrogen functional groups attached to an aromatic ring is 1. The summed E-state index contributed by atoms with van der Waals surface area (Å²) in [4.78, 5) is 11.2. The van der Waals surface area contributed by atoms with Crippen LogP contribution in [0.15, 0.2) is 18.2 Å². The van der Waals surface area contributed by atoms with Crippen molar-refractivity contribution in [3.8, 4) is 0 Å². The molecule has 2 N–H and O–H groups in total. The van der Waals surface area contributed by atoms with E-state index in [9.17, 15) is 13.6 Å². The van der Waals surface area contributed by atoms with Gasteiger partial charge in [0.25, 0.3) is 5.92 Å². The highest BCUT2D eigenvalue weighted by Gasteiger charge is 2.62. The van der Waals surface area contributed by atoms with Crippen LogP contribution < -0.4 is 5.73 Å². The fourth-order valence-electron chi connectivity index (χ4n) is 1.41. The highest BCUT2D eigenvalue weighted by Crippen LogP contribution is 2.49. The Balaban J connectivity index is 1.90. The lowest BCUT2D eigenvalue weighted by molar-refractivity contribution is -0.149. The smallest absolute Gasteiger partial charge is 0.315 e. The van der Waals surface area contributed by atoms with Gasteiger partial charge in [-0.15, -0.1) is 0 Å². The first-order valence-corrected chi connectivity index (χ1v) is 5.36. The van der Waals surface area contributed by atoms with Gasteiger partial charge in [-0.2, -0.15) is 0 Å². The topological polar surface area (TPSA) is 52.3 Å². The minimum absolute atomic E-state index is 0.0766. The van der Waals surface area contributed by atoms with Gasteiger partial charge in [0.1, 0.15) is 12.5 Å². The summed E-state index contributed by atoms with van der Waals surface area (Å²) in [5.41, 5.74) is 6.52. The molecule has 17 heavy (non-hydrogen) atoms. The molecule has 1 aliphatic carbocycles. The van der Waals surface area contributed by atoms with Crippen LogP contribution in [0.5, 0.6) is 0 Å². The Morgan fingerprint density at radius 2 is 2.24 bits per heavy atom. The van der Waals surface area contributed by atoms with Gasteiger partial charge in [-0.3, -0.25) is 4.79 Å². The number of hydrogen-bond donors (Lipinski definition) is 1. The zero-order valence-corrected chi connectivity index (χ0v) is 9.51. The third kappa shape index (κ3) is 2.66. The average molecular weight is 262 g/mol. The maximum Gasteiger partial charge on any atom is 0.315 e. The van der Waals surface area contributed by atoms with E-state index in [0.29, 0.717) is 16.3 Å². The second kappa shape index (κ2) is 4.14. The van der Waals surface area contributed by atoms with E-state index in [1.54, 1.807) is 18.2 Å². The molecule has 1 atom stereocenters. The van der Waals surface area contributed by atoms with Crippen LogP contribution in [0.3, 0.4) is 0 Å². The van der Waals surface area contributed by atoms with Crippen LogP contribution in [-0.4, -0.2) is 11.9 Å². The Labute approximate surface area is 101 Å². The van der Waals surface area contributed by atoms with Gasteiger partial charge in [-0.1, -0.05) is 17.7 Å². The number of hydrogen-bond acceptors (Lipinski definition) is 3. The van der Waals surface area contributed by atoms with Gasteiger partial charge < -0.3 is 10.5 Å². The third-order valence-electron chi connectivity index (χ3n) is 2.55. The lowest BCUT2D eigenvalue weighted by atomic mass is 10.2. The van der Waals surface area contributed by atoms with Crippen LogP contribution in [0.1, 0.15) is 12.0 Å². The van der Waals surface area contributed by atoms with Crippen LogP contribution in [0.4, 0.5) is 14.5 Å². The SMILES string of the molecule is Nc1cc(COC(=O)C2CC2(F)F)ccc1Cl. The third-order valence-corrected chi connectivity index (χ3v) is 2.90. The quantitative estimate of drug-likeness (QED) is 0.672. The summed E-state index contributed by atoms with van der Waals surface area (Å²) in [6.07, 6.45) is -0.422. The summed E-state index contributed by atoms with van der Waals surface area (Å²) >= 11 is 5.71. The lowest BCUT2D eigenvalue weighted by Gasteiger charge is -2.06. The molecule has 1 aromatic carbocycles. The van der Waals surface area contributed by atoms with Crippen molar-refractivity contribution in [1.82, 2.24) is 0 Å². The molecular formula is C11H10ClF2NO2. The first-order chi connectivity index (χ1) is 7.90. The number of anilines is 1. The van der Waals surface area contributed by atoms with E-state index in [0.717, 1.165) is 0 Å². The second-order valence-corrected chi connectivity index (χ2v) is 4.39. The van der Waals surface area contributed by atoms with Gasteiger partial charge in [0.15, 0.2) is 0 Å². The molecule has 0 amide bonds. The van der Waals surface area contributed by atoms with Crippen molar-refractivity contribution < 1.29 is 18.3 Å². The lowest BCUT2D eigenvalue weighted by Crippen LogP contribution is -2.11. The van der Waals surface area contributed by atoms with Gasteiger partial charge in [0.05, 0.1) is 10.7 Å². The molecule has 1 unspecified atom stereocenters. The maximum atomic E-state index is 12.6. The van der Waals surface area contributed by atoms with Gasteiger partial charge in [-0.25, -0.2) is 8.78 Å². The predicted octanol–water partition coefficient (Wildman–Crippen LogP) is 2.62. The van der Waals surface area contributed by atoms with Crippen LogP contribution >= 0.6 is 11.6 Å². The van der Waals surface area contributed by atoms with Crippen molar-refractivity contribution >= 4 is 23.3 Å². The van der Waals surface area contributed by atoms with E-state index in [2.05, 4.69) is 0 Å². The molecule has 2 rings (SSSR count). The zero-order chi connectivity index (χ0) is 12.6. The number of alkyl halides is 2. The number of esters is 1. The van der Waals surface area contributed by atoms with Gasteiger partial charge in [-0.05, 0) is 17.7 Å². The van der Waals surface area contributed by atoms with E-state index < -0.39 is 24.2 Å². The molecular weight excluding hydrogens is 252 g/mol. The molecule has 1 saturated carbocycles. The molecule has 0 saturated heterocycles. The summed E-state index contributed by atoms with van der Waals surface area (Å²) in [6.45, 7) is -0.0766. The molecule has 0 aromatic heterocycles. The molecule has 1 fully saturated rings. The Kier molecular flexibility index (Phi) is 2.95. The highest BCUT2D eigenvalue weighted by molar-refractivity contribution is 6.33. The Morgan fingerprint density at radius 3 is 2.76 bits per heavy atom. The molecule has 0 spiro atoms. The van der Waals surface area contributed by atoms with Gasteiger partial charge in [0, 0.05) is 6.42 Å². The van der Waals surface area contributed by atoms with Crippen LogP contribution in [0.2, 0.25) is 5.02 Å². The van der Waals surface area contributed by atoms with Crippen molar-refractivity contribution in [2.75, 3.05) is 5.73 Å². The Hall–Kier alpha value is -1.36. The molecule has 3 nitrogen and oxygen atoms in total. The summed E-state index contributed by atoms with van der Waals surface area (Å²) in [5.74, 6) is -5.05. The van der Waals surface area contributed by atoms with Crippen molar-refractivity contribution in [1.29, 1.82) is 0 Å². The monoisotopic (exact) mass is 261 g/mol. The van der Waals surface area contributed by atoms with Crippen molar-refractivity contribution in [2.24, 2.45) is 5.92 Å². The minimum atomic E-state index is -2.89. The normalized spacial score (nSPS) is 21.0. The first-order valence-electron chi connectivity index (χ1n) is 4.98. The number of rotatable bonds is 3. The van der Waals surface area contributed by atoms with Crippen molar-refractivity contribution in [2.45, 2.75) is 19.0 Å². The fraction of sp³-hybridized carbons (Fsp3) is 0.364. The fourth-order valence-corrected chi connectivity index (χ4v) is 1.52. The van der Waals surface area contributed by atoms with E-state index in [-0.39, 0.29) is 6.61 Å². The number of carbonyl (C=O) groups is 1. The van der Waals surface area contributed by atoms with Gasteiger partial charge >= 0.3 is 5.97 Å². The Bertz CT molecular complexity index is 465. The number of halogens is 3. The van der Waals surface area contributed by atoms with Crippen molar-refractivity contribution in [3.05, 3.63) is 28.8 Å². The summed E-state index contributed by atoms with van der Waals surface area (Å²) in [5, 5.41) is 0.397. The van der Waals surface area contributed by atoms with Crippen LogP contribution in [0, 0.1) is 5.92 Å². The van der Waals surface area contributed by atoms with E-state index in [1.165, 1.54) is 0 Å². The number of carbonyl (C=O) groups excluding carboxylic acids is 1. The maximum absolute atomic E-state index is 12.6. The zero-order valence-electron chi connectivity index (χ0n) is 8.75. The van der Waals surface area contributed by atoms with Gasteiger partial charge in [0.2, 0.25) is 0 Å². The molecule has 0 aliphatic heterocycles. The number of benzene rings is 1. The standard InChI is InChI=1S/C11H10ClF2NO2/c12-8-2-1-6(3-9(8)15)5-17-10(16)7-4-11(7,13)14/h1-3,7H,4-5,15H2. The molecule has 1 aromatic rings. The second-order valence-electron chi connectivity index (χ2n) is 3.98. The molecule has 1 aliphatic rings. The molecule has 6 heteroatoms. The minimum Gasteiger partial charge on any atom is -0.460 e. The number of ether oxygens (including phenoxy) is 1. The molecule has 0 bridgehead atoms. The van der Waals surface area contributed by atoms with Crippen LogP contribution in [-0.2, 0) is 16.1 Å². The molecule has 92 valence electrons. The van der Waals surface area contributed by atoms with E-state index >= 15 is 0 Å². The van der Waals surface area contributed by atoms with E-state index in [4.69, 9.17) is 22.1 Å². The number of nitrogens with two attached hydrogens (primary N) is 1. The highest BCUT2D eigenvalue weighted by atomic mass is 35.5. The van der Waals surface area contributed by atoms with E-state index in [1.807, 2.05) is 0 Å². The summed E-state index contributed by atoms with van der Waals surface area (Å²) in [6, 6.07) is 4.73. The summed E-state index contributed by atoms with van der Waals surface area (Å²) in [7, 11) is 0. The summed E-state index contributed by atoms with van der Waals surface area (Å²) < 4.78 is 29.9. The molecule has 0 heterocycles. The Morgan fingerprint density at radius 1 is 1.59 bits per heavy atom. The average Bonchev–Trinajstić information content (AvgIpc) is 2.89. The first kappa shape index (κ1) is 12.1.